The highest BCUT2D eigenvalue weighted by Crippen LogP contribution is 2.54. The van der Waals surface area contributed by atoms with Crippen LogP contribution in [0.1, 0.15) is 84.0 Å². The van der Waals surface area contributed by atoms with Gasteiger partial charge in [0.25, 0.3) is 0 Å². The number of unbranched alkanes of at least 4 members (excludes halogenated alkanes) is 1. The van der Waals surface area contributed by atoms with E-state index in [-0.39, 0.29) is 7.92 Å². The van der Waals surface area contributed by atoms with Crippen molar-refractivity contribution in [2.45, 2.75) is 95.3 Å². The van der Waals surface area contributed by atoms with Crippen molar-refractivity contribution < 1.29 is 0 Å². The normalized spacial score (nSPS) is 21.8. The summed E-state index contributed by atoms with van der Waals surface area (Å²) in [5.41, 5.74) is 2.17. The van der Waals surface area contributed by atoms with Gasteiger partial charge in [-0.05, 0) is 63.3 Å². The Hall–Kier alpha value is -0.130. The molecule has 0 unspecified atom stereocenters. The largest absolute Gasteiger partial charge is 0.313 e. The fraction of sp³-hybridized carbons (Fsp3) is 0.810. The molecule has 0 aliphatic heterocycles. The minimum Gasteiger partial charge on any atom is -0.313 e. The third-order valence-corrected chi connectivity index (χ3v) is 9.04. The molecule has 0 bridgehead atoms. The second-order valence-electron chi connectivity index (χ2n) is 7.35. The molecule has 2 fully saturated rings. The van der Waals surface area contributed by atoms with E-state index in [2.05, 4.69) is 36.5 Å². The van der Waals surface area contributed by atoms with Crippen LogP contribution < -0.4 is 5.32 Å². The van der Waals surface area contributed by atoms with Gasteiger partial charge < -0.3 is 5.32 Å². The number of hydrogen-bond acceptors (Lipinski definition) is 1. The average Bonchev–Trinajstić information content (AvgIpc) is 2.62. The summed E-state index contributed by atoms with van der Waals surface area (Å²) in [4.78, 5) is 0. The Balaban J connectivity index is 1.71. The number of hydrogen-bond donors (Lipinski definition) is 1. The quantitative estimate of drug-likeness (QED) is 0.284. The zero-order valence-electron chi connectivity index (χ0n) is 15.3. The van der Waals surface area contributed by atoms with Gasteiger partial charge >= 0.3 is 0 Å². The molecule has 0 aromatic rings. The van der Waals surface area contributed by atoms with Crippen LogP contribution in [0.4, 0.5) is 0 Å². The predicted octanol–water partition coefficient (Wildman–Crippen LogP) is 6.59. The Morgan fingerprint density at radius 1 is 0.870 bits per heavy atom. The Kier molecular flexibility index (Phi) is 10.2. The van der Waals surface area contributed by atoms with Crippen molar-refractivity contribution in [1.29, 1.82) is 0 Å². The van der Waals surface area contributed by atoms with Crippen LogP contribution in [-0.4, -0.2) is 24.1 Å². The Morgan fingerprint density at radius 3 is 2.04 bits per heavy atom. The highest BCUT2D eigenvalue weighted by atomic mass is 31.1. The van der Waals surface area contributed by atoms with Crippen LogP contribution in [0.25, 0.3) is 0 Å². The molecule has 132 valence electrons. The lowest BCUT2D eigenvalue weighted by atomic mass is 9.99. The molecule has 0 saturated heterocycles. The lowest BCUT2D eigenvalue weighted by Crippen LogP contribution is -2.27. The zero-order chi connectivity index (χ0) is 16.2. The molecule has 0 atom stereocenters. The molecule has 0 heterocycles. The summed E-state index contributed by atoms with van der Waals surface area (Å²) in [6.07, 6.45) is 27.7. The predicted molar refractivity (Wildman–Crippen MR) is 107 cm³/mol. The Bertz CT molecular complexity index is 320. The highest BCUT2D eigenvalue weighted by molar-refractivity contribution is 7.59. The fourth-order valence-electron chi connectivity index (χ4n) is 4.22. The lowest BCUT2D eigenvalue weighted by Gasteiger charge is -2.38. The van der Waals surface area contributed by atoms with Crippen LogP contribution in [0.2, 0.25) is 0 Å². The maximum absolute atomic E-state index is 3.85. The second-order valence-corrected chi connectivity index (χ2v) is 10.2. The summed E-state index contributed by atoms with van der Waals surface area (Å²) < 4.78 is 0. The van der Waals surface area contributed by atoms with Gasteiger partial charge in [-0.3, -0.25) is 0 Å². The van der Waals surface area contributed by atoms with E-state index in [1.165, 1.54) is 89.9 Å². The SMILES string of the molecule is C/C=C\C=C/CCCNCP(C1CCCCC1)C1CCCCC1. The molecule has 2 rings (SSSR count). The second kappa shape index (κ2) is 12.3. The first-order valence-electron chi connectivity index (χ1n) is 10.2. The summed E-state index contributed by atoms with van der Waals surface area (Å²) in [6.45, 7) is 3.28. The van der Waals surface area contributed by atoms with Gasteiger partial charge in [0.15, 0.2) is 0 Å². The average molecular weight is 336 g/mol. The van der Waals surface area contributed by atoms with Crippen molar-refractivity contribution in [3.8, 4) is 0 Å². The third-order valence-electron chi connectivity index (χ3n) is 5.55. The lowest BCUT2D eigenvalue weighted by molar-refractivity contribution is 0.482. The van der Waals surface area contributed by atoms with Crippen molar-refractivity contribution in [2.75, 3.05) is 12.8 Å². The molecule has 2 saturated carbocycles. The van der Waals surface area contributed by atoms with E-state index < -0.39 is 0 Å². The summed E-state index contributed by atoms with van der Waals surface area (Å²) >= 11 is 0. The van der Waals surface area contributed by atoms with Crippen LogP contribution in [0, 0.1) is 0 Å². The van der Waals surface area contributed by atoms with Gasteiger partial charge in [-0.1, -0.05) is 70.8 Å². The molecule has 0 aromatic heterocycles. The summed E-state index contributed by atoms with van der Waals surface area (Å²) in [5.74, 6) is 0. The molecule has 0 radical (unpaired) electrons. The van der Waals surface area contributed by atoms with E-state index in [1.54, 1.807) is 0 Å². The minimum atomic E-state index is 0.232. The van der Waals surface area contributed by atoms with Crippen molar-refractivity contribution >= 4 is 7.92 Å². The minimum absolute atomic E-state index is 0.232. The molecule has 23 heavy (non-hydrogen) atoms. The summed E-state index contributed by atoms with van der Waals surface area (Å²) in [5, 5.41) is 3.85. The van der Waals surface area contributed by atoms with E-state index in [4.69, 9.17) is 0 Å². The molecule has 0 amide bonds. The maximum Gasteiger partial charge on any atom is 0.0160 e. The van der Waals surface area contributed by atoms with Crippen LogP contribution in [0.15, 0.2) is 24.3 Å². The third kappa shape index (κ3) is 7.53. The standard InChI is InChI=1S/C21H38NP/c1-2-3-4-5-6-13-18-22-19-23(20-14-9-7-10-15-20)21-16-11-8-12-17-21/h2-5,20-22H,6-19H2,1H3/b3-2-,5-4-. The van der Waals surface area contributed by atoms with Crippen molar-refractivity contribution in [1.82, 2.24) is 5.32 Å². The Morgan fingerprint density at radius 2 is 1.48 bits per heavy atom. The van der Waals surface area contributed by atoms with E-state index in [1.807, 2.05) is 0 Å². The van der Waals surface area contributed by atoms with E-state index in [9.17, 15) is 0 Å². The van der Waals surface area contributed by atoms with Gasteiger partial charge in [-0.15, -0.1) is 0 Å². The molecule has 2 aliphatic rings. The molecule has 0 spiro atoms. The molecule has 0 aromatic carbocycles. The zero-order valence-corrected chi connectivity index (χ0v) is 16.2. The van der Waals surface area contributed by atoms with E-state index in [0.717, 1.165) is 11.3 Å². The molecular weight excluding hydrogens is 297 g/mol. The van der Waals surface area contributed by atoms with Gasteiger partial charge in [0.1, 0.15) is 0 Å². The van der Waals surface area contributed by atoms with Crippen LogP contribution in [0.5, 0.6) is 0 Å². The number of rotatable bonds is 9. The molecule has 2 aliphatic carbocycles. The molecule has 2 heteroatoms. The van der Waals surface area contributed by atoms with Crippen LogP contribution >= 0.6 is 7.92 Å². The molecule has 1 N–H and O–H groups in total. The first-order chi connectivity index (χ1) is 11.4. The topological polar surface area (TPSA) is 12.0 Å². The summed E-state index contributed by atoms with van der Waals surface area (Å²) in [6, 6.07) is 0. The fourth-order valence-corrected chi connectivity index (χ4v) is 7.81. The van der Waals surface area contributed by atoms with Gasteiger partial charge in [-0.2, -0.15) is 0 Å². The van der Waals surface area contributed by atoms with Crippen LogP contribution in [0.3, 0.4) is 0 Å². The molecular formula is C21H38NP. The monoisotopic (exact) mass is 335 g/mol. The first-order valence-corrected chi connectivity index (χ1v) is 11.8. The van der Waals surface area contributed by atoms with Gasteiger partial charge in [-0.25, -0.2) is 0 Å². The summed E-state index contributed by atoms with van der Waals surface area (Å²) in [7, 11) is 0.232. The van der Waals surface area contributed by atoms with E-state index in [0.29, 0.717) is 0 Å². The van der Waals surface area contributed by atoms with Crippen LogP contribution in [-0.2, 0) is 0 Å². The first kappa shape index (κ1) is 19.2. The van der Waals surface area contributed by atoms with Crippen molar-refractivity contribution in [3.63, 3.8) is 0 Å². The van der Waals surface area contributed by atoms with Gasteiger partial charge in [0.05, 0.1) is 0 Å². The maximum atomic E-state index is 3.85. The number of allylic oxidation sites excluding steroid dienone is 4. The van der Waals surface area contributed by atoms with Crippen molar-refractivity contribution in [3.05, 3.63) is 24.3 Å². The number of nitrogens with one attached hydrogen (secondary N) is 1. The van der Waals surface area contributed by atoms with E-state index >= 15 is 0 Å². The Labute approximate surface area is 146 Å². The van der Waals surface area contributed by atoms with Gasteiger partial charge in [0.2, 0.25) is 0 Å². The highest BCUT2D eigenvalue weighted by Gasteiger charge is 2.30. The smallest absolute Gasteiger partial charge is 0.0160 e. The molecule has 1 nitrogen and oxygen atoms in total. The van der Waals surface area contributed by atoms with Gasteiger partial charge in [0, 0.05) is 6.29 Å². The van der Waals surface area contributed by atoms with Crippen molar-refractivity contribution in [2.24, 2.45) is 0 Å².